The van der Waals surface area contributed by atoms with Crippen molar-refractivity contribution in [3.05, 3.63) is 0 Å². The number of hydrogen-bond acceptors (Lipinski definition) is 8. The van der Waals surface area contributed by atoms with Crippen LogP contribution in [0, 0.1) is 11.8 Å². The molecule has 1 aliphatic rings. The topological polar surface area (TPSA) is 86.7 Å². The van der Waals surface area contributed by atoms with Crippen LogP contribution in [-0.4, -0.2) is 39.6 Å². The number of ketones is 2. The SMILES string of the molecule is CC(=O)[C@H](CSC(=O)O[C@H](C)OC(=O)C1CCCCC1)CC(=O)C(C)(C)S. The molecule has 27 heavy (non-hydrogen) atoms. The monoisotopic (exact) mass is 418 g/mol. The smallest absolute Gasteiger partial charge is 0.370 e. The summed E-state index contributed by atoms with van der Waals surface area (Å²) in [4.78, 5) is 47.8. The van der Waals surface area contributed by atoms with E-state index in [4.69, 9.17) is 9.47 Å². The molecule has 0 amide bonds. The van der Waals surface area contributed by atoms with E-state index in [0.717, 1.165) is 43.9 Å². The molecule has 154 valence electrons. The molecular weight excluding hydrogens is 388 g/mol. The number of rotatable bonds is 9. The molecule has 0 aromatic heterocycles. The van der Waals surface area contributed by atoms with Gasteiger partial charge in [-0.1, -0.05) is 19.3 Å². The van der Waals surface area contributed by atoms with Crippen molar-refractivity contribution < 1.29 is 28.7 Å². The third kappa shape index (κ3) is 9.14. The van der Waals surface area contributed by atoms with Crippen LogP contribution < -0.4 is 0 Å². The number of thiol groups is 1. The highest BCUT2D eigenvalue weighted by molar-refractivity contribution is 8.13. The van der Waals surface area contributed by atoms with Crippen LogP contribution in [0.25, 0.3) is 0 Å². The number of carbonyl (C=O) groups excluding carboxylic acids is 4. The third-order valence-corrected chi connectivity index (χ3v) is 5.72. The van der Waals surface area contributed by atoms with Crippen molar-refractivity contribution in [3.8, 4) is 0 Å². The summed E-state index contributed by atoms with van der Waals surface area (Å²) in [6.07, 6.45) is 3.82. The second-order valence-electron chi connectivity index (χ2n) is 7.51. The lowest BCUT2D eigenvalue weighted by atomic mass is 9.89. The highest BCUT2D eigenvalue weighted by Crippen LogP contribution is 2.26. The third-order valence-electron chi connectivity index (χ3n) is 4.57. The van der Waals surface area contributed by atoms with Crippen molar-refractivity contribution in [1.29, 1.82) is 0 Å². The Morgan fingerprint density at radius 3 is 2.22 bits per heavy atom. The van der Waals surface area contributed by atoms with E-state index in [0.29, 0.717) is 0 Å². The second-order valence-corrected chi connectivity index (χ2v) is 9.59. The molecule has 1 aliphatic carbocycles. The van der Waals surface area contributed by atoms with Gasteiger partial charge in [0.1, 0.15) is 11.6 Å². The minimum atomic E-state index is -0.979. The van der Waals surface area contributed by atoms with E-state index < -0.39 is 22.3 Å². The van der Waals surface area contributed by atoms with Crippen LogP contribution in [0.2, 0.25) is 0 Å². The normalized spacial score (nSPS) is 17.7. The van der Waals surface area contributed by atoms with Crippen molar-refractivity contribution in [3.63, 3.8) is 0 Å². The molecule has 0 unspecified atom stereocenters. The fourth-order valence-electron chi connectivity index (χ4n) is 2.75. The maximum Gasteiger partial charge on any atom is 0.370 e. The molecule has 1 fully saturated rings. The molecule has 0 heterocycles. The molecule has 0 spiro atoms. The standard InChI is InChI=1S/C19H30O6S2/c1-12(20)15(10-16(21)19(3,4)26)11-27-18(23)25-13(2)24-17(22)14-8-6-5-7-9-14/h13-15,26H,5-11H2,1-4H3/t13-,15+/m1/s1. The van der Waals surface area contributed by atoms with Crippen LogP contribution in [0.15, 0.2) is 0 Å². The van der Waals surface area contributed by atoms with Crippen LogP contribution in [0.5, 0.6) is 0 Å². The maximum atomic E-state index is 12.1. The predicted octanol–water partition coefficient (Wildman–Crippen LogP) is 4.20. The summed E-state index contributed by atoms with van der Waals surface area (Å²) in [5, 5.41) is -0.636. The lowest BCUT2D eigenvalue weighted by molar-refractivity contribution is -0.169. The zero-order valence-corrected chi connectivity index (χ0v) is 18.2. The van der Waals surface area contributed by atoms with Gasteiger partial charge in [0.2, 0.25) is 6.29 Å². The van der Waals surface area contributed by atoms with E-state index >= 15 is 0 Å². The number of hydrogen-bond donors (Lipinski definition) is 1. The highest BCUT2D eigenvalue weighted by Gasteiger charge is 2.29. The number of Topliss-reactive ketones (excluding diaryl/α,β-unsaturated/α-hetero) is 2. The molecule has 0 bridgehead atoms. The van der Waals surface area contributed by atoms with E-state index in [-0.39, 0.29) is 35.6 Å². The van der Waals surface area contributed by atoms with Crippen molar-refractivity contribution in [2.45, 2.75) is 77.3 Å². The van der Waals surface area contributed by atoms with Crippen LogP contribution in [0.4, 0.5) is 4.79 Å². The molecule has 1 rings (SSSR count). The highest BCUT2D eigenvalue weighted by atomic mass is 32.2. The Hall–Kier alpha value is -1.02. The van der Waals surface area contributed by atoms with Gasteiger partial charge in [0.25, 0.3) is 0 Å². The Kier molecular flexibility index (Phi) is 9.87. The molecule has 0 aromatic carbocycles. The molecular formula is C19H30O6S2. The first-order chi connectivity index (χ1) is 12.5. The van der Waals surface area contributed by atoms with E-state index in [1.807, 2.05) is 0 Å². The number of carbonyl (C=O) groups is 4. The molecule has 0 aliphatic heterocycles. The molecule has 0 N–H and O–H groups in total. The van der Waals surface area contributed by atoms with Crippen molar-refractivity contribution in [1.82, 2.24) is 0 Å². The Morgan fingerprint density at radius 1 is 1.11 bits per heavy atom. The number of esters is 1. The van der Waals surface area contributed by atoms with Crippen molar-refractivity contribution >= 4 is 47.2 Å². The van der Waals surface area contributed by atoms with Gasteiger partial charge in [-0.3, -0.25) is 14.4 Å². The molecule has 6 nitrogen and oxygen atoms in total. The van der Waals surface area contributed by atoms with Gasteiger partial charge in [-0.15, -0.1) is 0 Å². The zero-order chi connectivity index (χ0) is 20.6. The van der Waals surface area contributed by atoms with Gasteiger partial charge in [-0.25, -0.2) is 4.79 Å². The van der Waals surface area contributed by atoms with E-state index in [9.17, 15) is 19.2 Å². The van der Waals surface area contributed by atoms with E-state index in [1.165, 1.54) is 13.8 Å². The van der Waals surface area contributed by atoms with Crippen LogP contribution in [-0.2, 0) is 23.9 Å². The minimum Gasteiger partial charge on any atom is -0.425 e. The first kappa shape index (κ1) is 24.0. The van der Waals surface area contributed by atoms with Gasteiger partial charge >= 0.3 is 11.3 Å². The first-order valence-electron chi connectivity index (χ1n) is 9.30. The number of thioether (sulfide) groups is 1. The summed E-state index contributed by atoms with van der Waals surface area (Å²) in [5.41, 5.74) is 0. The van der Waals surface area contributed by atoms with Crippen LogP contribution in [0.1, 0.15) is 66.2 Å². The van der Waals surface area contributed by atoms with Gasteiger partial charge in [0.05, 0.1) is 10.7 Å². The maximum absolute atomic E-state index is 12.1. The molecule has 1 saturated carbocycles. The van der Waals surface area contributed by atoms with Crippen molar-refractivity contribution in [2.24, 2.45) is 11.8 Å². The van der Waals surface area contributed by atoms with Crippen molar-refractivity contribution in [2.75, 3.05) is 5.75 Å². The van der Waals surface area contributed by atoms with Gasteiger partial charge < -0.3 is 9.47 Å². The molecule has 8 heteroatoms. The molecule has 2 atom stereocenters. The summed E-state index contributed by atoms with van der Waals surface area (Å²) in [6, 6.07) is 0. The summed E-state index contributed by atoms with van der Waals surface area (Å²) >= 11 is 5.02. The second kappa shape index (κ2) is 11.1. The summed E-state index contributed by atoms with van der Waals surface area (Å²) in [5.74, 6) is -1.23. The van der Waals surface area contributed by atoms with Gasteiger partial charge in [0.15, 0.2) is 0 Å². The largest absolute Gasteiger partial charge is 0.425 e. The number of ether oxygens (including phenoxy) is 2. The van der Waals surface area contributed by atoms with E-state index in [2.05, 4.69) is 12.6 Å². The first-order valence-corrected chi connectivity index (χ1v) is 10.7. The Morgan fingerprint density at radius 2 is 1.70 bits per heavy atom. The summed E-state index contributed by atoms with van der Waals surface area (Å²) in [7, 11) is 0. The molecule has 0 aromatic rings. The average molecular weight is 419 g/mol. The Labute approximate surface area is 170 Å². The fourth-order valence-corrected chi connectivity index (χ4v) is 3.74. The average Bonchev–Trinajstić information content (AvgIpc) is 2.57. The lowest BCUT2D eigenvalue weighted by Gasteiger charge is -2.22. The van der Waals surface area contributed by atoms with Crippen LogP contribution >= 0.6 is 24.4 Å². The zero-order valence-electron chi connectivity index (χ0n) is 16.5. The Bertz CT molecular complexity index is 549. The van der Waals surface area contributed by atoms with E-state index in [1.54, 1.807) is 13.8 Å². The Balaban J connectivity index is 2.41. The molecule has 0 saturated heterocycles. The van der Waals surface area contributed by atoms with Crippen LogP contribution in [0.3, 0.4) is 0 Å². The van der Waals surface area contributed by atoms with Gasteiger partial charge in [-0.05, 0) is 45.4 Å². The molecule has 0 radical (unpaired) electrons. The summed E-state index contributed by atoms with van der Waals surface area (Å²) < 4.78 is 9.45. The van der Waals surface area contributed by atoms with Gasteiger partial charge in [0, 0.05) is 25.0 Å². The predicted molar refractivity (Wildman–Crippen MR) is 108 cm³/mol. The quantitative estimate of drug-likeness (QED) is 0.341. The lowest BCUT2D eigenvalue weighted by Crippen LogP contribution is -2.30. The fraction of sp³-hybridized carbons (Fsp3) is 0.789. The minimum absolute atomic E-state index is 0.0261. The van der Waals surface area contributed by atoms with Gasteiger partial charge in [-0.2, -0.15) is 12.6 Å². The summed E-state index contributed by atoms with van der Waals surface area (Å²) in [6.45, 7) is 6.22.